The Labute approximate surface area is 318 Å². The molecule has 0 saturated heterocycles. The number of thiazole rings is 1. The minimum atomic E-state index is -3.66. The van der Waals surface area contributed by atoms with Gasteiger partial charge in [-0.2, -0.15) is 4.31 Å². The molecule has 15 heteroatoms. The molecule has 6 aromatic rings. The van der Waals surface area contributed by atoms with E-state index in [0.29, 0.717) is 33.8 Å². The predicted molar refractivity (Wildman–Crippen MR) is 209 cm³/mol. The number of carbonyl (C=O) groups excluding carboxylic acids is 2. The minimum absolute atomic E-state index is 0.0438. The average Bonchev–Trinajstić information content (AvgIpc) is 3.68. The maximum Gasteiger partial charge on any atom is 0.407 e. The Hall–Kier alpha value is -5.29. The number of aliphatic hydroxyl groups is 1. The molecule has 5 N–H and O–H groups in total. The summed E-state index contributed by atoms with van der Waals surface area (Å²) in [6.07, 6.45) is 5.97. The van der Waals surface area contributed by atoms with Crippen LogP contribution in [0.3, 0.4) is 0 Å². The lowest BCUT2D eigenvalue weighted by Gasteiger charge is -2.46. The van der Waals surface area contributed by atoms with Crippen LogP contribution in [-0.4, -0.2) is 76.3 Å². The van der Waals surface area contributed by atoms with Gasteiger partial charge in [0.1, 0.15) is 12.4 Å². The van der Waals surface area contributed by atoms with Gasteiger partial charge in [-0.05, 0) is 60.7 Å². The second-order valence-corrected chi connectivity index (χ2v) is 15.4. The first kappa shape index (κ1) is 38.4. The Morgan fingerprint density at radius 1 is 0.926 bits per heavy atom. The van der Waals surface area contributed by atoms with Crippen molar-refractivity contribution in [2.24, 2.45) is 0 Å². The lowest BCUT2D eigenvalue weighted by molar-refractivity contribution is -0.118. The molecular weight excluding hydrogens is 727 g/mol. The molecule has 2 unspecified atom stereocenters. The fourth-order valence-electron chi connectivity index (χ4n) is 6.31. The van der Waals surface area contributed by atoms with Gasteiger partial charge in [0, 0.05) is 36.1 Å². The molecule has 0 aliphatic carbocycles. The highest BCUT2D eigenvalue weighted by Gasteiger charge is 2.35. The Bertz CT molecular complexity index is 2130. The van der Waals surface area contributed by atoms with E-state index >= 15 is 0 Å². The van der Waals surface area contributed by atoms with E-state index in [2.05, 4.69) is 30.6 Å². The number of hydrogen-bond acceptors (Lipinski definition) is 12. The Balaban J connectivity index is 1.29. The van der Waals surface area contributed by atoms with Gasteiger partial charge in [0.15, 0.2) is 0 Å². The van der Waals surface area contributed by atoms with Gasteiger partial charge in [-0.25, -0.2) is 19.7 Å². The number of hydrogen-bond donors (Lipinski definition) is 5. The highest BCUT2D eigenvalue weighted by atomic mass is 32.3. The van der Waals surface area contributed by atoms with E-state index in [4.69, 9.17) is 4.74 Å². The minimum Gasteiger partial charge on any atom is -0.453 e. The molecule has 3 aromatic carbocycles. The molecule has 0 spiro atoms. The molecule has 54 heavy (non-hydrogen) atoms. The molecule has 2 amide bonds. The Kier molecular flexibility index (Phi) is 12.6. The van der Waals surface area contributed by atoms with Crippen LogP contribution in [-0.2, 0) is 22.5 Å². The molecule has 0 bridgehead atoms. The van der Waals surface area contributed by atoms with E-state index in [1.54, 1.807) is 42.2 Å². The van der Waals surface area contributed by atoms with Crippen LogP contribution >= 0.6 is 22.1 Å². The summed E-state index contributed by atoms with van der Waals surface area (Å²) in [5, 5.41) is 16.6. The second-order valence-electron chi connectivity index (χ2n) is 12.5. The van der Waals surface area contributed by atoms with Gasteiger partial charge in [0.25, 0.3) is 0 Å². The van der Waals surface area contributed by atoms with Crippen LogP contribution in [0.1, 0.15) is 40.3 Å². The largest absolute Gasteiger partial charge is 0.453 e. The summed E-state index contributed by atoms with van der Waals surface area (Å²) >= 11 is 1.39. The number of carbonyl (C=O) groups is 2. The van der Waals surface area contributed by atoms with Crippen molar-refractivity contribution in [2.75, 3.05) is 19.0 Å². The normalized spacial score (nSPS) is 13.1. The van der Waals surface area contributed by atoms with Crippen molar-refractivity contribution < 1.29 is 28.5 Å². The number of benzene rings is 3. The van der Waals surface area contributed by atoms with Gasteiger partial charge in [-0.1, -0.05) is 60.7 Å². The number of anilines is 1. The number of aliphatic hydroxyl groups excluding tert-OH is 1. The summed E-state index contributed by atoms with van der Waals surface area (Å²) < 4.78 is 31.1. The fraction of sp³-hybridized carbons (Fsp3) is 0.231. The van der Waals surface area contributed by atoms with Gasteiger partial charge in [0.2, 0.25) is 5.91 Å². The van der Waals surface area contributed by atoms with Crippen LogP contribution in [0.25, 0.3) is 10.2 Å². The van der Waals surface area contributed by atoms with Crippen molar-refractivity contribution in [1.82, 2.24) is 29.6 Å². The highest BCUT2D eigenvalue weighted by Crippen LogP contribution is 2.54. The van der Waals surface area contributed by atoms with Crippen molar-refractivity contribution in [3.63, 3.8) is 0 Å². The zero-order valence-electron chi connectivity index (χ0n) is 29.6. The van der Waals surface area contributed by atoms with Crippen molar-refractivity contribution in [2.45, 2.75) is 49.2 Å². The van der Waals surface area contributed by atoms with Crippen molar-refractivity contribution in [3.05, 3.63) is 143 Å². The Morgan fingerprint density at radius 2 is 1.65 bits per heavy atom. The van der Waals surface area contributed by atoms with Crippen LogP contribution in [0.15, 0.2) is 120 Å². The number of nitrogens with zero attached hydrogens (tertiary/aromatic N) is 5. The number of ether oxygens (including phenoxy) is 1. The van der Waals surface area contributed by atoms with Gasteiger partial charge >= 0.3 is 6.09 Å². The van der Waals surface area contributed by atoms with Crippen LogP contribution < -0.4 is 10.6 Å². The maximum atomic E-state index is 14.3. The zero-order valence-corrected chi connectivity index (χ0v) is 31.3. The third-order valence-electron chi connectivity index (χ3n) is 9.21. The molecule has 0 aliphatic heterocycles. The third kappa shape index (κ3) is 8.90. The predicted octanol–water partition coefficient (Wildman–Crippen LogP) is 6.81. The smallest absolute Gasteiger partial charge is 0.407 e. The first-order valence-corrected chi connectivity index (χ1v) is 19.5. The summed E-state index contributed by atoms with van der Waals surface area (Å²) in [5.74, 6) is -1.07. The molecule has 0 fully saturated rings. The lowest BCUT2D eigenvalue weighted by Crippen LogP contribution is -2.48. The van der Waals surface area contributed by atoms with Crippen LogP contribution in [0.2, 0.25) is 0 Å². The lowest BCUT2D eigenvalue weighted by atomic mass is 9.84. The molecule has 0 radical (unpaired) electrons. The number of aromatic nitrogens is 4. The summed E-state index contributed by atoms with van der Waals surface area (Å²) in [5.41, 5.74) is 6.48. The number of methoxy groups -OCH3 is 1. The van der Waals surface area contributed by atoms with E-state index in [-0.39, 0.29) is 13.0 Å². The summed E-state index contributed by atoms with van der Waals surface area (Å²) in [4.78, 5) is 44.2. The molecule has 6 rings (SSSR count). The van der Waals surface area contributed by atoms with Crippen LogP contribution in [0, 0.1) is 6.92 Å². The van der Waals surface area contributed by atoms with E-state index in [9.17, 15) is 23.8 Å². The quantitative estimate of drug-likeness (QED) is 0.0741. The van der Waals surface area contributed by atoms with E-state index in [0.717, 1.165) is 21.3 Å². The highest BCUT2D eigenvalue weighted by molar-refractivity contribution is 8.22. The average molecular weight is 768 g/mol. The zero-order chi connectivity index (χ0) is 38.1. The fourth-order valence-corrected chi connectivity index (χ4v) is 8.80. The van der Waals surface area contributed by atoms with E-state index in [1.165, 1.54) is 35.3 Å². The third-order valence-corrected chi connectivity index (χ3v) is 12.0. The van der Waals surface area contributed by atoms with Crippen molar-refractivity contribution in [1.29, 1.82) is 0 Å². The van der Waals surface area contributed by atoms with Gasteiger partial charge in [0.05, 0.1) is 52.3 Å². The van der Waals surface area contributed by atoms with Gasteiger partial charge in [-0.15, -0.1) is 22.1 Å². The molecule has 2 atom stereocenters. The van der Waals surface area contributed by atoms with E-state index < -0.39 is 47.4 Å². The number of fused-ring (bicyclic) bond motifs is 1. The van der Waals surface area contributed by atoms with Crippen LogP contribution in [0.5, 0.6) is 0 Å². The van der Waals surface area contributed by atoms with Gasteiger partial charge in [-0.3, -0.25) is 18.9 Å². The first-order chi connectivity index (χ1) is 26.2. The molecule has 3 aromatic heterocycles. The number of amides is 2. The number of pyridine rings is 1. The topological polar surface area (TPSA) is 183 Å². The number of aryl methyl sites for hydroxylation is 2. The van der Waals surface area contributed by atoms with Crippen molar-refractivity contribution >= 4 is 50.0 Å². The molecule has 0 aliphatic rings. The molecule has 3 heterocycles. The number of nitrogens with one attached hydrogen (secondary N) is 2. The summed E-state index contributed by atoms with van der Waals surface area (Å²) in [6, 6.07) is 23.9. The molecular formula is C39H41N7O6S2. The standard InChI is InChI=1S/C39H41N7O6S2/c1-26-30(20-41-24-42-26)22-46(54(50,51)32-15-16-33-35(19-32)53-25-43-33)31(23-47)14-13-27-17-18-40-21-34(27)44-38(48)37(45-39(49)52-2)36(28-9-5-3-6-10-28)29-11-7-4-8-12-29/h3-12,15-21,24-25,31,36-37,47,50-51H,13-14,22-23H2,1-2H3,(H,44,48)(H,45,49). The number of rotatable bonds is 15. The van der Waals surface area contributed by atoms with Crippen LogP contribution in [0.4, 0.5) is 10.5 Å². The van der Waals surface area contributed by atoms with Gasteiger partial charge < -0.3 is 20.5 Å². The summed E-state index contributed by atoms with van der Waals surface area (Å²) in [7, 11) is -2.42. The second kappa shape index (κ2) is 17.7. The molecule has 0 saturated carbocycles. The SMILES string of the molecule is COC(=O)NC(C(=O)Nc1cnccc1CCC(CO)N(Cc1cncnc1C)S(O)(O)c1ccc2ncsc2c1)C(c1ccccc1)c1ccccc1. The van der Waals surface area contributed by atoms with Crippen molar-refractivity contribution in [3.8, 4) is 0 Å². The Morgan fingerprint density at radius 3 is 2.31 bits per heavy atom. The maximum absolute atomic E-state index is 14.3. The summed E-state index contributed by atoms with van der Waals surface area (Å²) in [6.45, 7) is 1.45. The molecule has 13 nitrogen and oxygen atoms in total. The number of alkyl carbamates (subject to hydrolysis) is 1. The first-order valence-electron chi connectivity index (χ1n) is 17.1. The van der Waals surface area contributed by atoms with E-state index in [1.807, 2.05) is 67.6 Å². The monoisotopic (exact) mass is 767 g/mol. The molecule has 280 valence electrons.